The number of Topliss-reactive ketones (excluding diaryl/α,β-unsaturated/α-hetero) is 1. The monoisotopic (exact) mass is 177 g/mol. The second-order valence-electron chi connectivity index (χ2n) is 3.28. The number of benzene rings is 1. The molecule has 1 atom stereocenters. The molecule has 0 fully saturated rings. The summed E-state index contributed by atoms with van der Waals surface area (Å²) in [4.78, 5) is 11.5. The van der Waals surface area contributed by atoms with Crippen molar-refractivity contribution in [2.75, 3.05) is 5.73 Å². The maximum atomic E-state index is 11.5. The van der Waals surface area contributed by atoms with Crippen molar-refractivity contribution >= 4 is 11.5 Å². The van der Waals surface area contributed by atoms with Crippen molar-refractivity contribution in [1.82, 2.24) is 0 Å². The van der Waals surface area contributed by atoms with Gasteiger partial charge in [0.15, 0.2) is 11.5 Å². The molecule has 1 aliphatic rings. The van der Waals surface area contributed by atoms with Crippen LogP contribution in [0, 0.1) is 0 Å². The second kappa shape index (κ2) is 2.76. The number of nitrogen functional groups attached to an aromatic ring is 1. The Kier molecular flexibility index (Phi) is 1.72. The van der Waals surface area contributed by atoms with Crippen molar-refractivity contribution in [1.29, 1.82) is 0 Å². The third-order valence-corrected chi connectivity index (χ3v) is 2.14. The maximum Gasteiger partial charge on any atom is 0.170 e. The van der Waals surface area contributed by atoms with E-state index in [4.69, 9.17) is 10.5 Å². The van der Waals surface area contributed by atoms with E-state index in [0.29, 0.717) is 23.4 Å². The summed E-state index contributed by atoms with van der Waals surface area (Å²) in [6, 6.07) is 5.26. The summed E-state index contributed by atoms with van der Waals surface area (Å²) >= 11 is 0. The Balaban J connectivity index is 2.55. The average Bonchev–Trinajstić information content (AvgIpc) is 2.07. The molecule has 13 heavy (non-hydrogen) atoms. The molecular formula is C10H11NO2. The lowest BCUT2D eigenvalue weighted by Gasteiger charge is -2.23. The highest BCUT2D eigenvalue weighted by molar-refractivity contribution is 6.01. The summed E-state index contributed by atoms with van der Waals surface area (Å²) < 4.78 is 5.49. The molecule has 0 aliphatic carbocycles. The van der Waals surface area contributed by atoms with Crippen LogP contribution >= 0.6 is 0 Å². The van der Waals surface area contributed by atoms with Gasteiger partial charge < -0.3 is 10.5 Å². The number of nitrogens with two attached hydrogens (primary N) is 1. The van der Waals surface area contributed by atoms with Crippen LogP contribution in [0.5, 0.6) is 5.75 Å². The molecule has 0 radical (unpaired) electrons. The molecule has 3 heteroatoms. The standard InChI is InChI=1S/C10H11NO2/c1-6-5-9(12)7-3-2-4-8(11)10(7)13-6/h2-4,6H,5,11H2,1H3. The Morgan fingerprint density at radius 2 is 2.31 bits per heavy atom. The molecular weight excluding hydrogens is 166 g/mol. The van der Waals surface area contributed by atoms with Gasteiger partial charge in [0, 0.05) is 6.42 Å². The van der Waals surface area contributed by atoms with Gasteiger partial charge in [-0.05, 0) is 19.1 Å². The summed E-state index contributed by atoms with van der Waals surface area (Å²) in [6.07, 6.45) is 0.376. The molecule has 3 nitrogen and oxygen atoms in total. The number of rotatable bonds is 0. The minimum absolute atomic E-state index is 0.0651. The molecule has 1 heterocycles. The van der Waals surface area contributed by atoms with E-state index in [2.05, 4.69) is 0 Å². The van der Waals surface area contributed by atoms with Crippen LogP contribution in [0.1, 0.15) is 23.7 Å². The highest BCUT2D eigenvalue weighted by atomic mass is 16.5. The molecule has 1 aromatic carbocycles. The number of hydrogen-bond acceptors (Lipinski definition) is 3. The molecule has 0 spiro atoms. The van der Waals surface area contributed by atoms with E-state index in [1.54, 1.807) is 18.2 Å². The molecule has 0 aromatic heterocycles. The van der Waals surface area contributed by atoms with Crippen LogP contribution in [0.3, 0.4) is 0 Å². The molecule has 1 unspecified atom stereocenters. The van der Waals surface area contributed by atoms with Gasteiger partial charge >= 0.3 is 0 Å². The van der Waals surface area contributed by atoms with Crippen LogP contribution < -0.4 is 10.5 Å². The molecule has 2 rings (SSSR count). The van der Waals surface area contributed by atoms with Crippen molar-refractivity contribution in [3.8, 4) is 5.75 Å². The zero-order valence-corrected chi connectivity index (χ0v) is 7.41. The summed E-state index contributed by atoms with van der Waals surface area (Å²) in [6.45, 7) is 1.87. The predicted molar refractivity (Wildman–Crippen MR) is 49.9 cm³/mol. The molecule has 1 aromatic rings. The number of fused-ring (bicyclic) bond motifs is 1. The Hall–Kier alpha value is -1.51. The third kappa shape index (κ3) is 1.26. The Morgan fingerprint density at radius 3 is 3.08 bits per heavy atom. The van der Waals surface area contributed by atoms with Gasteiger partial charge in [-0.1, -0.05) is 6.07 Å². The van der Waals surface area contributed by atoms with E-state index in [-0.39, 0.29) is 11.9 Å². The minimum Gasteiger partial charge on any atom is -0.487 e. The first-order valence-electron chi connectivity index (χ1n) is 4.27. The van der Waals surface area contributed by atoms with E-state index in [1.165, 1.54) is 0 Å². The zero-order chi connectivity index (χ0) is 9.42. The first kappa shape index (κ1) is 8.10. The van der Waals surface area contributed by atoms with Crippen LogP contribution in [0.4, 0.5) is 5.69 Å². The normalized spacial score (nSPS) is 20.7. The first-order chi connectivity index (χ1) is 6.18. The van der Waals surface area contributed by atoms with E-state index in [0.717, 1.165) is 0 Å². The van der Waals surface area contributed by atoms with Gasteiger partial charge in [-0.15, -0.1) is 0 Å². The number of para-hydroxylation sites is 1. The molecule has 0 bridgehead atoms. The van der Waals surface area contributed by atoms with Gasteiger partial charge in [0.1, 0.15) is 6.10 Å². The van der Waals surface area contributed by atoms with Gasteiger partial charge in [0.05, 0.1) is 11.3 Å². The van der Waals surface area contributed by atoms with Gasteiger partial charge in [-0.2, -0.15) is 0 Å². The molecule has 0 saturated heterocycles. The van der Waals surface area contributed by atoms with E-state index >= 15 is 0 Å². The summed E-state index contributed by atoms with van der Waals surface area (Å²) in [5.41, 5.74) is 6.84. The third-order valence-electron chi connectivity index (χ3n) is 2.14. The smallest absolute Gasteiger partial charge is 0.170 e. The number of hydrogen-bond donors (Lipinski definition) is 1. The topological polar surface area (TPSA) is 52.3 Å². The van der Waals surface area contributed by atoms with Gasteiger partial charge in [0.25, 0.3) is 0 Å². The highest BCUT2D eigenvalue weighted by Gasteiger charge is 2.24. The molecule has 2 N–H and O–H groups in total. The largest absolute Gasteiger partial charge is 0.487 e. The molecule has 0 amide bonds. The van der Waals surface area contributed by atoms with Crippen LogP contribution in [0.2, 0.25) is 0 Å². The molecule has 0 saturated carbocycles. The number of carbonyl (C=O) groups excluding carboxylic acids is 1. The van der Waals surface area contributed by atoms with Crippen molar-refractivity contribution in [3.05, 3.63) is 23.8 Å². The Labute approximate surface area is 76.5 Å². The number of ether oxygens (including phenoxy) is 1. The van der Waals surface area contributed by atoms with Crippen molar-refractivity contribution < 1.29 is 9.53 Å². The SMILES string of the molecule is CC1CC(=O)c2cccc(N)c2O1. The summed E-state index contributed by atoms with van der Waals surface area (Å²) in [5.74, 6) is 0.660. The van der Waals surface area contributed by atoms with Crippen molar-refractivity contribution in [3.63, 3.8) is 0 Å². The average molecular weight is 177 g/mol. The molecule has 1 aliphatic heterocycles. The lowest BCUT2D eigenvalue weighted by Crippen LogP contribution is -2.24. The van der Waals surface area contributed by atoms with Crippen LogP contribution in [-0.2, 0) is 0 Å². The number of ketones is 1. The maximum absolute atomic E-state index is 11.5. The minimum atomic E-state index is -0.0651. The first-order valence-corrected chi connectivity index (χ1v) is 4.27. The fourth-order valence-corrected chi connectivity index (χ4v) is 1.52. The van der Waals surface area contributed by atoms with Crippen LogP contribution in [0.15, 0.2) is 18.2 Å². The van der Waals surface area contributed by atoms with Crippen LogP contribution in [0.25, 0.3) is 0 Å². The highest BCUT2D eigenvalue weighted by Crippen LogP contribution is 2.32. The lowest BCUT2D eigenvalue weighted by molar-refractivity contribution is 0.0872. The lowest BCUT2D eigenvalue weighted by atomic mass is 10.0. The number of anilines is 1. The van der Waals surface area contributed by atoms with E-state index < -0.39 is 0 Å². The zero-order valence-electron chi connectivity index (χ0n) is 7.41. The second-order valence-corrected chi connectivity index (χ2v) is 3.28. The predicted octanol–water partition coefficient (Wildman–Crippen LogP) is 1.62. The Bertz CT molecular complexity index is 360. The van der Waals surface area contributed by atoms with Crippen molar-refractivity contribution in [2.24, 2.45) is 0 Å². The fraction of sp³-hybridized carbons (Fsp3) is 0.300. The summed E-state index contributed by atoms with van der Waals surface area (Å²) in [5, 5.41) is 0. The quantitative estimate of drug-likeness (QED) is 0.612. The van der Waals surface area contributed by atoms with Gasteiger partial charge in [0.2, 0.25) is 0 Å². The van der Waals surface area contributed by atoms with Gasteiger partial charge in [-0.3, -0.25) is 4.79 Å². The van der Waals surface area contributed by atoms with Gasteiger partial charge in [-0.25, -0.2) is 0 Å². The summed E-state index contributed by atoms with van der Waals surface area (Å²) in [7, 11) is 0. The molecule has 68 valence electrons. The van der Waals surface area contributed by atoms with E-state index in [1.807, 2.05) is 6.92 Å². The van der Waals surface area contributed by atoms with E-state index in [9.17, 15) is 4.79 Å². The van der Waals surface area contributed by atoms with Crippen molar-refractivity contribution in [2.45, 2.75) is 19.4 Å². The Morgan fingerprint density at radius 1 is 1.54 bits per heavy atom. The van der Waals surface area contributed by atoms with Crippen LogP contribution in [-0.4, -0.2) is 11.9 Å². The number of carbonyl (C=O) groups is 1. The fourth-order valence-electron chi connectivity index (χ4n) is 1.52.